The lowest BCUT2D eigenvalue weighted by Crippen LogP contribution is -2.41. The number of carbonyl (C=O) groups excluding carboxylic acids is 1. The van der Waals surface area contributed by atoms with E-state index in [2.05, 4.69) is 0 Å². The second-order valence-corrected chi connectivity index (χ2v) is 4.53. The summed E-state index contributed by atoms with van der Waals surface area (Å²) < 4.78 is 0. The number of piperidine rings is 1. The second kappa shape index (κ2) is 3.22. The quantitative estimate of drug-likeness (QED) is 0.768. The molecule has 0 spiro atoms. The summed E-state index contributed by atoms with van der Waals surface area (Å²) in [6.45, 7) is 0.508. The maximum absolute atomic E-state index is 12.0. The van der Waals surface area contributed by atoms with Crippen LogP contribution in [0.2, 0.25) is 0 Å². The van der Waals surface area contributed by atoms with Gasteiger partial charge in [0.15, 0.2) is 0 Å². The Kier molecular flexibility index (Phi) is 1.94. The normalized spacial score (nSPS) is 31.7. The summed E-state index contributed by atoms with van der Waals surface area (Å²) in [4.78, 5) is 13.8. The van der Waals surface area contributed by atoms with Gasteiger partial charge in [0.25, 0.3) is 0 Å². The number of carbonyl (C=O) groups is 1. The highest BCUT2D eigenvalue weighted by Gasteiger charge is 2.58. The van der Waals surface area contributed by atoms with Gasteiger partial charge in [0.05, 0.1) is 6.04 Å². The predicted molar refractivity (Wildman–Crippen MR) is 60.0 cm³/mol. The zero-order chi connectivity index (χ0) is 11.3. The summed E-state index contributed by atoms with van der Waals surface area (Å²) in [6.07, 6.45) is 0.995. The minimum absolute atomic E-state index is 0.141. The summed E-state index contributed by atoms with van der Waals surface area (Å²) in [5.74, 6) is 1.05. The molecular weight excluding hydrogens is 204 g/mol. The van der Waals surface area contributed by atoms with Crippen molar-refractivity contribution in [1.82, 2.24) is 0 Å². The number of phenols is 1. The Morgan fingerprint density at radius 1 is 1.38 bits per heavy atom. The lowest BCUT2D eigenvalue weighted by Gasteiger charge is -2.26. The van der Waals surface area contributed by atoms with E-state index in [9.17, 15) is 9.90 Å². The van der Waals surface area contributed by atoms with Crippen LogP contribution in [0.3, 0.4) is 0 Å². The summed E-state index contributed by atoms with van der Waals surface area (Å²) in [5, 5.41) is 9.22. The average Bonchev–Trinajstić information content (AvgIpc) is 3.02. The van der Waals surface area contributed by atoms with Gasteiger partial charge in [-0.3, -0.25) is 4.79 Å². The largest absolute Gasteiger partial charge is 0.508 e. The van der Waals surface area contributed by atoms with Gasteiger partial charge in [0.2, 0.25) is 5.91 Å². The van der Waals surface area contributed by atoms with Crippen molar-refractivity contribution >= 4 is 11.6 Å². The minimum atomic E-state index is 0.141. The van der Waals surface area contributed by atoms with E-state index >= 15 is 0 Å². The molecule has 3 unspecified atom stereocenters. The number of nitrogens with two attached hydrogens (primary N) is 1. The molecule has 1 aromatic carbocycles. The van der Waals surface area contributed by atoms with E-state index in [0.29, 0.717) is 12.5 Å². The molecule has 1 saturated carbocycles. The van der Waals surface area contributed by atoms with Gasteiger partial charge in [-0.1, -0.05) is 0 Å². The molecular formula is C12H14N2O2. The van der Waals surface area contributed by atoms with Gasteiger partial charge >= 0.3 is 0 Å². The first-order valence-electron chi connectivity index (χ1n) is 5.54. The summed E-state index contributed by atoms with van der Waals surface area (Å²) in [6, 6.07) is 6.86. The zero-order valence-electron chi connectivity index (χ0n) is 8.84. The zero-order valence-corrected chi connectivity index (χ0v) is 8.84. The number of hydrogen-bond donors (Lipinski definition) is 2. The van der Waals surface area contributed by atoms with Crippen molar-refractivity contribution < 1.29 is 9.90 Å². The third kappa shape index (κ3) is 1.23. The van der Waals surface area contributed by atoms with E-state index in [0.717, 1.165) is 12.1 Å². The molecule has 0 radical (unpaired) electrons. The van der Waals surface area contributed by atoms with Gasteiger partial charge in [-0.25, -0.2) is 0 Å². The number of hydrogen-bond acceptors (Lipinski definition) is 3. The topological polar surface area (TPSA) is 66.6 Å². The lowest BCUT2D eigenvalue weighted by molar-refractivity contribution is -0.118. The Hall–Kier alpha value is -1.55. The predicted octanol–water partition coefficient (Wildman–Crippen LogP) is 0.702. The monoisotopic (exact) mass is 218 g/mol. The molecule has 4 heteroatoms. The summed E-state index contributed by atoms with van der Waals surface area (Å²) in [5.41, 5.74) is 6.57. The lowest BCUT2D eigenvalue weighted by atomic mass is 10.1. The molecule has 0 aromatic heterocycles. The highest BCUT2D eigenvalue weighted by atomic mass is 16.3. The maximum atomic E-state index is 12.0. The van der Waals surface area contributed by atoms with Gasteiger partial charge < -0.3 is 15.7 Å². The number of rotatable bonds is 2. The van der Waals surface area contributed by atoms with E-state index in [1.807, 2.05) is 0 Å². The molecule has 1 aromatic rings. The van der Waals surface area contributed by atoms with Crippen LogP contribution >= 0.6 is 0 Å². The second-order valence-electron chi connectivity index (χ2n) is 4.53. The van der Waals surface area contributed by atoms with Crippen LogP contribution in [0.4, 0.5) is 5.69 Å². The maximum Gasteiger partial charge on any atom is 0.230 e. The van der Waals surface area contributed by atoms with Crippen LogP contribution in [0.25, 0.3) is 0 Å². The summed E-state index contributed by atoms with van der Waals surface area (Å²) >= 11 is 0. The number of aromatic hydroxyl groups is 1. The van der Waals surface area contributed by atoms with Crippen LogP contribution in [0, 0.1) is 11.8 Å². The highest BCUT2D eigenvalue weighted by molar-refractivity contribution is 6.00. The Bertz CT molecular complexity index is 429. The van der Waals surface area contributed by atoms with E-state index < -0.39 is 0 Å². The van der Waals surface area contributed by atoms with Crippen LogP contribution in [0.5, 0.6) is 5.75 Å². The third-order valence-corrected chi connectivity index (χ3v) is 3.59. The standard InChI is InChI=1S/C12H14N2O2/c13-6-11-9-5-10(9)12(16)14(11)7-1-3-8(15)4-2-7/h1-4,9-11,15H,5-6,13H2. The molecule has 2 aliphatic rings. The Morgan fingerprint density at radius 2 is 2.06 bits per heavy atom. The molecule has 84 valence electrons. The first-order chi connectivity index (χ1) is 7.72. The fourth-order valence-corrected chi connectivity index (χ4v) is 2.67. The number of phenolic OH excluding ortho intramolecular Hbond substituents is 1. The van der Waals surface area contributed by atoms with E-state index in [-0.39, 0.29) is 23.6 Å². The van der Waals surface area contributed by atoms with Crippen molar-refractivity contribution in [1.29, 1.82) is 0 Å². The van der Waals surface area contributed by atoms with Gasteiger partial charge in [0.1, 0.15) is 5.75 Å². The van der Waals surface area contributed by atoms with Crippen LogP contribution in [0.1, 0.15) is 6.42 Å². The van der Waals surface area contributed by atoms with Crippen LogP contribution in [0.15, 0.2) is 24.3 Å². The Balaban J connectivity index is 1.94. The van der Waals surface area contributed by atoms with Crippen molar-refractivity contribution in [3.05, 3.63) is 24.3 Å². The van der Waals surface area contributed by atoms with Gasteiger partial charge in [0, 0.05) is 18.2 Å². The molecule has 1 aliphatic carbocycles. The number of fused-ring (bicyclic) bond motifs is 1. The minimum Gasteiger partial charge on any atom is -0.508 e. The fourth-order valence-electron chi connectivity index (χ4n) is 2.67. The fraction of sp³-hybridized carbons (Fsp3) is 0.417. The Labute approximate surface area is 93.7 Å². The van der Waals surface area contributed by atoms with Crippen molar-refractivity contribution in [3.8, 4) is 5.75 Å². The molecule has 1 saturated heterocycles. The van der Waals surface area contributed by atoms with Gasteiger partial charge in [-0.2, -0.15) is 0 Å². The van der Waals surface area contributed by atoms with E-state index in [1.165, 1.54) is 0 Å². The highest BCUT2D eigenvalue weighted by Crippen LogP contribution is 2.51. The van der Waals surface area contributed by atoms with Gasteiger partial charge in [-0.15, -0.1) is 0 Å². The number of anilines is 1. The first kappa shape index (κ1) is 9.66. The SMILES string of the molecule is NCC1C2CC2C(=O)N1c1ccc(O)cc1. The van der Waals surface area contributed by atoms with E-state index in [1.54, 1.807) is 29.2 Å². The van der Waals surface area contributed by atoms with Crippen LogP contribution in [-0.2, 0) is 4.79 Å². The number of nitrogens with zero attached hydrogens (tertiary/aromatic N) is 1. The molecule has 4 nitrogen and oxygen atoms in total. The van der Waals surface area contributed by atoms with Crippen LogP contribution < -0.4 is 10.6 Å². The molecule has 3 rings (SSSR count). The molecule has 0 bridgehead atoms. The smallest absolute Gasteiger partial charge is 0.230 e. The number of amides is 1. The molecule has 1 amide bonds. The molecule has 2 fully saturated rings. The molecule has 1 aliphatic heterocycles. The summed E-state index contributed by atoms with van der Waals surface area (Å²) in [7, 11) is 0. The van der Waals surface area contributed by atoms with Crippen molar-refractivity contribution in [2.75, 3.05) is 11.4 Å². The molecule has 16 heavy (non-hydrogen) atoms. The molecule has 3 atom stereocenters. The first-order valence-corrected chi connectivity index (χ1v) is 5.54. The molecule has 1 heterocycles. The Morgan fingerprint density at radius 3 is 2.69 bits per heavy atom. The van der Waals surface area contributed by atoms with E-state index in [4.69, 9.17) is 5.73 Å². The van der Waals surface area contributed by atoms with Crippen molar-refractivity contribution in [2.45, 2.75) is 12.5 Å². The number of benzene rings is 1. The van der Waals surface area contributed by atoms with Gasteiger partial charge in [-0.05, 0) is 36.6 Å². The van der Waals surface area contributed by atoms with Crippen LogP contribution in [-0.4, -0.2) is 23.6 Å². The third-order valence-electron chi connectivity index (χ3n) is 3.59. The molecule has 3 N–H and O–H groups in total. The van der Waals surface area contributed by atoms with Crippen molar-refractivity contribution in [2.24, 2.45) is 17.6 Å². The average molecular weight is 218 g/mol. The van der Waals surface area contributed by atoms with Crippen molar-refractivity contribution in [3.63, 3.8) is 0 Å².